The van der Waals surface area contributed by atoms with E-state index in [1.165, 1.54) is 0 Å². The molecule has 0 heterocycles. The zero-order valence-corrected chi connectivity index (χ0v) is 10.6. The molecule has 3 nitrogen and oxygen atoms in total. The van der Waals surface area contributed by atoms with E-state index in [1.54, 1.807) is 19.0 Å². The number of rotatable bonds is 4. The van der Waals surface area contributed by atoms with Gasteiger partial charge in [0.2, 0.25) is 5.91 Å². The van der Waals surface area contributed by atoms with E-state index in [0.717, 1.165) is 11.3 Å². The first-order valence-corrected chi connectivity index (χ1v) is 5.59. The number of hydrogen-bond donors (Lipinski definition) is 1. The summed E-state index contributed by atoms with van der Waals surface area (Å²) in [6, 6.07) is 5.74. The average molecular weight is 241 g/mol. The van der Waals surface area contributed by atoms with Crippen LogP contribution in [0.4, 0.5) is 5.69 Å². The van der Waals surface area contributed by atoms with Gasteiger partial charge in [-0.15, -0.1) is 0 Å². The Balaban J connectivity index is 2.52. The third-order valence-corrected chi connectivity index (χ3v) is 2.68. The minimum Gasteiger partial charge on any atom is -0.383 e. The molecule has 0 aliphatic heterocycles. The van der Waals surface area contributed by atoms with Crippen LogP contribution in [-0.2, 0) is 4.79 Å². The second-order valence-corrected chi connectivity index (χ2v) is 4.30. The number of benzene rings is 1. The van der Waals surface area contributed by atoms with Gasteiger partial charge in [0, 0.05) is 27.1 Å². The van der Waals surface area contributed by atoms with E-state index in [1.807, 2.05) is 25.1 Å². The molecule has 0 spiro atoms. The molecule has 1 aromatic rings. The van der Waals surface area contributed by atoms with Crippen LogP contribution in [0.1, 0.15) is 12.0 Å². The van der Waals surface area contributed by atoms with Gasteiger partial charge in [-0.2, -0.15) is 0 Å². The summed E-state index contributed by atoms with van der Waals surface area (Å²) < 4.78 is 0. The molecule has 0 aromatic heterocycles. The van der Waals surface area contributed by atoms with Crippen LogP contribution in [0, 0.1) is 6.92 Å². The Labute approximate surface area is 101 Å². The summed E-state index contributed by atoms with van der Waals surface area (Å²) >= 11 is 6.05. The van der Waals surface area contributed by atoms with Crippen LogP contribution >= 0.6 is 11.6 Å². The number of carbonyl (C=O) groups excluding carboxylic acids is 1. The van der Waals surface area contributed by atoms with Crippen molar-refractivity contribution in [2.24, 2.45) is 0 Å². The van der Waals surface area contributed by atoms with E-state index in [9.17, 15) is 4.79 Å². The van der Waals surface area contributed by atoms with Crippen molar-refractivity contribution in [3.05, 3.63) is 28.8 Å². The van der Waals surface area contributed by atoms with Crippen LogP contribution in [0.3, 0.4) is 0 Å². The topological polar surface area (TPSA) is 32.3 Å². The van der Waals surface area contributed by atoms with E-state index in [4.69, 9.17) is 11.6 Å². The van der Waals surface area contributed by atoms with Crippen LogP contribution in [0.15, 0.2) is 18.2 Å². The van der Waals surface area contributed by atoms with E-state index in [0.29, 0.717) is 18.0 Å². The maximum Gasteiger partial charge on any atom is 0.223 e. The monoisotopic (exact) mass is 240 g/mol. The van der Waals surface area contributed by atoms with Gasteiger partial charge < -0.3 is 10.2 Å². The number of halogens is 1. The molecule has 0 aliphatic rings. The first kappa shape index (κ1) is 12.8. The summed E-state index contributed by atoms with van der Waals surface area (Å²) in [5.41, 5.74) is 2.00. The predicted octanol–water partition coefficient (Wildman–Crippen LogP) is 2.54. The Morgan fingerprint density at radius 3 is 2.69 bits per heavy atom. The fourth-order valence-corrected chi connectivity index (χ4v) is 1.66. The number of aryl methyl sites for hydroxylation is 1. The molecule has 1 N–H and O–H groups in total. The molecule has 0 unspecified atom stereocenters. The SMILES string of the molecule is Cc1cccc(Cl)c1NCCC(=O)N(C)C. The van der Waals surface area contributed by atoms with Crippen LogP contribution in [0.25, 0.3) is 0 Å². The first-order chi connectivity index (χ1) is 7.52. The lowest BCUT2D eigenvalue weighted by molar-refractivity contribution is -0.128. The molecule has 0 saturated heterocycles. The Morgan fingerprint density at radius 2 is 2.12 bits per heavy atom. The van der Waals surface area contributed by atoms with Crippen molar-refractivity contribution in [2.75, 3.05) is 26.0 Å². The van der Waals surface area contributed by atoms with Gasteiger partial charge in [0.25, 0.3) is 0 Å². The van der Waals surface area contributed by atoms with Crippen LogP contribution in [-0.4, -0.2) is 31.4 Å². The number of hydrogen-bond acceptors (Lipinski definition) is 2. The first-order valence-electron chi connectivity index (χ1n) is 5.21. The molecule has 1 aromatic carbocycles. The maximum atomic E-state index is 11.4. The third kappa shape index (κ3) is 3.42. The smallest absolute Gasteiger partial charge is 0.223 e. The van der Waals surface area contributed by atoms with Crippen molar-refractivity contribution in [2.45, 2.75) is 13.3 Å². The Morgan fingerprint density at radius 1 is 1.44 bits per heavy atom. The Kier molecular flexibility index (Phi) is 4.62. The lowest BCUT2D eigenvalue weighted by Crippen LogP contribution is -2.24. The number of para-hydroxylation sites is 1. The molecule has 0 fully saturated rings. The van der Waals surface area contributed by atoms with Crippen molar-refractivity contribution < 1.29 is 4.79 Å². The summed E-state index contributed by atoms with van der Waals surface area (Å²) in [6.07, 6.45) is 0.470. The van der Waals surface area contributed by atoms with Gasteiger partial charge in [0.05, 0.1) is 10.7 Å². The summed E-state index contributed by atoms with van der Waals surface area (Å²) in [4.78, 5) is 12.9. The average Bonchev–Trinajstić information content (AvgIpc) is 2.22. The van der Waals surface area contributed by atoms with E-state index in [-0.39, 0.29) is 5.91 Å². The fraction of sp³-hybridized carbons (Fsp3) is 0.417. The molecular formula is C12H17ClN2O. The standard InChI is InChI=1S/C12H17ClN2O/c1-9-5-4-6-10(13)12(9)14-8-7-11(16)15(2)3/h4-6,14H,7-8H2,1-3H3. The van der Waals surface area contributed by atoms with E-state index < -0.39 is 0 Å². The highest BCUT2D eigenvalue weighted by molar-refractivity contribution is 6.33. The molecule has 0 bridgehead atoms. The van der Waals surface area contributed by atoms with Gasteiger partial charge in [0.1, 0.15) is 0 Å². The molecule has 16 heavy (non-hydrogen) atoms. The van der Waals surface area contributed by atoms with Gasteiger partial charge in [0.15, 0.2) is 0 Å². The quantitative estimate of drug-likeness (QED) is 0.877. The van der Waals surface area contributed by atoms with Crippen LogP contribution in [0.5, 0.6) is 0 Å². The second kappa shape index (κ2) is 5.75. The third-order valence-electron chi connectivity index (χ3n) is 2.36. The van der Waals surface area contributed by atoms with E-state index >= 15 is 0 Å². The molecule has 4 heteroatoms. The number of nitrogens with zero attached hydrogens (tertiary/aromatic N) is 1. The van der Waals surface area contributed by atoms with Gasteiger partial charge in [-0.3, -0.25) is 4.79 Å². The molecule has 0 atom stereocenters. The molecule has 0 saturated carbocycles. The van der Waals surface area contributed by atoms with Gasteiger partial charge in [-0.05, 0) is 18.6 Å². The predicted molar refractivity (Wildman–Crippen MR) is 68.0 cm³/mol. The lowest BCUT2D eigenvalue weighted by atomic mass is 10.2. The summed E-state index contributed by atoms with van der Waals surface area (Å²) in [5.74, 6) is 0.109. The zero-order valence-electron chi connectivity index (χ0n) is 9.88. The van der Waals surface area contributed by atoms with Gasteiger partial charge in [-0.25, -0.2) is 0 Å². The fourth-order valence-electron chi connectivity index (χ4n) is 1.37. The van der Waals surface area contributed by atoms with Gasteiger partial charge >= 0.3 is 0 Å². The summed E-state index contributed by atoms with van der Waals surface area (Å²) in [7, 11) is 3.51. The van der Waals surface area contributed by atoms with Crippen LogP contribution in [0.2, 0.25) is 5.02 Å². The Bertz CT molecular complexity index is 357. The molecule has 1 rings (SSSR count). The maximum absolute atomic E-state index is 11.4. The number of anilines is 1. The molecule has 0 aliphatic carbocycles. The number of amides is 1. The lowest BCUT2D eigenvalue weighted by Gasteiger charge is -2.13. The van der Waals surface area contributed by atoms with Gasteiger partial charge in [-0.1, -0.05) is 23.7 Å². The largest absolute Gasteiger partial charge is 0.383 e. The normalized spacial score (nSPS) is 10.0. The molecule has 0 radical (unpaired) electrons. The van der Waals surface area contributed by atoms with Crippen molar-refractivity contribution in [1.82, 2.24) is 4.90 Å². The van der Waals surface area contributed by atoms with Crippen molar-refractivity contribution in [1.29, 1.82) is 0 Å². The highest BCUT2D eigenvalue weighted by Gasteiger charge is 2.05. The minimum atomic E-state index is 0.109. The molecule has 88 valence electrons. The highest BCUT2D eigenvalue weighted by Crippen LogP contribution is 2.24. The van der Waals surface area contributed by atoms with Crippen molar-refractivity contribution >= 4 is 23.2 Å². The van der Waals surface area contributed by atoms with E-state index in [2.05, 4.69) is 5.32 Å². The summed E-state index contributed by atoms with van der Waals surface area (Å²) in [6.45, 7) is 2.59. The van der Waals surface area contributed by atoms with Crippen molar-refractivity contribution in [3.63, 3.8) is 0 Å². The molecule has 1 amide bonds. The highest BCUT2D eigenvalue weighted by atomic mass is 35.5. The zero-order chi connectivity index (χ0) is 12.1. The Hall–Kier alpha value is -1.22. The van der Waals surface area contributed by atoms with Crippen LogP contribution < -0.4 is 5.32 Å². The number of nitrogens with one attached hydrogen (secondary N) is 1. The van der Waals surface area contributed by atoms with Crippen molar-refractivity contribution in [3.8, 4) is 0 Å². The summed E-state index contributed by atoms with van der Waals surface area (Å²) in [5, 5.41) is 3.88. The second-order valence-electron chi connectivity index (χ2n) is 3.90. The minimum absolute atomic E-state index is 0.109. The number of carbonyl (C=O) groups is 1. The molecular weight excluding hydrogens is 224 g/mol.